The topological polar surface area (TPSA) is 35.8 Å². The monoisotopic (exact) mass is 294 g/mol. The van der Waals surface area contributed by atoms with E-state index in [0.29, 0.717) is 5.56 Å². The molecule has 1 rings (SSSR count). The van der Waals surface area contributed by atoms with Gasteiger partial charge in [-0.05, 0) is 46.5 Å². The first-order valence-electron chi connectivity index (χ1n) is 6.07. The van der Waals surface area contributed by atoms with Gasteiger partial charge in [-0.25, -0.2) is 0 Å². The molecule has 3 heteroatoms. The molecule has 92 valence electrons. The zero-order valence-corrected chi connectivity index (χ0v) is 12.0. The number of halogens is 1. The van der Waals surface area contributed by atoms with Crippen molar-refractivity contribution >= 4 is 21.6 Å². The Bertz CT molecular complexity index is 394. The summed E-state index contributed by atoms with van der Waals surface area (Å²) in [6, 6.07) is 7.75. The predicted octanol–water partition coefficient (Wildman–Crippen LogP) is 4.56. The lowest BCUT2D eigenvalue weighted by Crippen LogP contribution is -2.02. The molecule has 0 saturated heterocycles. The van der Waals surface area contributed by atoms with Gasteiger partial charge in [0.25, 0.3) is 0 Å². The number of hydrogen-bond acceptors (Lipinski definition) is 2. The summed E-state index contributed by atoms with van der Waals surface area (Å²) >= 11 is 3.47. The van der Waals surface area contributed by atoms with E-state index in [4.69, 9.17) is 5.26 Å². The van der Waals surface area contributed by atoms with Crippen LogP contribution >= 0.6 is 15.9 Å². The van der Waals surface area contributed by atoms with Gasteiger partial charge in [0.1, 0.15) is 0 Å². The number of hydrogen-bond donors (Lipinski definition) is 1. The first-order chi connectivity index (χ1) is 8.13. The van der Waals surface area contributed by atoms with Crippen LogP contribution in [0, 0.1) is 17.2 Å². The molecule has 0 spiro atoms. The standard InChI is InChI=1S/C14H19BrN2/c1-11(2)5-3-4-8-17-14-7-6-12(10-16)9-13(14)15/h6-7,9,11,17H,3-5,8H2,1-2H3. The molecule has 0 fully saturated rings. The number of rotatable bonds is 6. The Morgan fingerprint density at radius 2 is 2.12 bits per heavy atom. The maximum absolute atomic E-state index is 8.76. The third kappa shape index (κ3) is 5.23. The Morgan fingerprint density at radius 1 is 1.35 bits per heavy atom. The molecule has 0 atom stereocenters. The van der Waals surface area contributed by atoms with Crippen molar-refractivity contribution in [2.75, 3.05) is 11.9 Å². The Labute approximate surface area is 112 Å². The van der Waals surface area contributed by atoms with Crippen LogP contribution in [0.1, 0.15) is 38.7 Å². The van der Waals surface area contributed by atoms with Crippen LogP contribution in [-0.4, -0.2) is 6.54 Å². The number of nitrogens with one attached hydrogen (secondary N) is 1. The van der Waals surface area contributed by atoms with Gasteiger partial charge in [-0.2, -0.15) is 5.26 Å². The van der Waals surface area contributed by atoms with Crippen molar-refractivity contribution in [1.82, 2.24) is 0 Å². The zero-order chi connectivity index (χ0) is 12.7. The van der Waals surface area contributed by atoms with Crippen LogP contribution in [0.4, 0.5) is 5.69 Å². The van der Waals surface area contributed by atoms with E-state index < -0.39 is 0 Å². The summed E-state index contributed by atoms with van der Waals surface area (Å²) in [5, 5.41) is 12.1. The lowest BCUT2D eigenvalue weighted by Gasteiger charge is -2.09. The Kier molecular flexibility index (Phi) is 6.07. The molecule has 0 heterocycles. The molecular formula is C14H19BrN2. The minimum absolute atomic E-state index is 0.683. The fourth-order valence-corrected chi connectivity index (χ4v) is 2.15. The molecule has 0 bridgehead atoms. The van der Waals surface area contributed by atoms with Gasteiger partial charge in [-0.1, -0.05) is 26.7 Å². The number of anilines is 1. The second-order valence-electron chi connectivity index (χ2n) is 4.62. The van der Waals surface area contributed by atoms with Gasteiger partial charge in [-0.3, -0.25) is 0 Å². The number of benzene rings is 1. The third-order valence-corrected chi connectivity index (χ3v) is 3.28. The fourth-order valence-electron chi connectivity index (χ4n) is 1.63. The average molecular weight is 295 g/mol. The van der Waals surface area contributed by atoms with Crippen molar-refractivity contribution in [2.45, 2.75) is 33.1 Å². The van der Waals surface area contributed by atoms with Crippen LogP contribution in [0.15, 0.2) is 22.7 Å². The van der Waals surface area contributed by atoms with E-state index in [-0.39, 0.29) is 0 Å². The van der Waals surface area contributed by atoms with E-state index in [1.165, 1.54) is 19.3 Å². The van der Waals surface area contributed by atoms with Crippen LogP contribution in [0.3, 0.4) is 0 Å². The highest BCUT2D eigenvalue weighted by Crippen LogP contribution is 2.23. The molecule has 1 aromatic carbocycles. The molecular weight excluding hydrogens is 276 g/mol. The zero-order valence-electron chi connectivity index (χ0n) is 10.5. The lowest BCUT2D eigenvalue weighted by atomic mass is 10.1. The van der Waals surface area contributed by atoms with Crippen LogP contribution in [0.2, 0.25) is 0 Å². The number of nitrogens with zero attached hydrogens (tertiary/aromatic N) is 1. The molecule has 0 saturated carbocycles. The molecule has 2 nitrogen and oxygen atoms in total. The first kappa shape index (κ1) is 14.1. The van der Waals surface area contributed by atoms with Gasteiger partial charge in [0.2, 0.25) is 0 Å². The number of nitriles is 1. The summed E-state index contributed by atoms with van der Waals surface area (Å²) in [5.74, 6) is 0.789. The molecule has 0 aromatic heterocycles. The largest absolute Gasteiger partial charge is 0.384 e. The van der Waals surface area contributed by atoms with E-state index in [1.54, 1.807) is 0 Å². The minimum Gasteiger partial charge on any atom is -0.384 e. The van der Waals surface area contributed by atoms with Crippen LogP contribution < -0.4 is 5.32 Å². The molecule has 0 aliphatic rings. The summed E-state index contributed by atoms with van der Waals surface area (Å²) < 4.78 is 0.959. The van der Waals surface area contributed by atoms with Crippen LogP contribution in [0.25, 0.3) is 0 Å². The van der Waals surface area contributed by atoms with Gasteiger partial charge >= 0.3 is 0 Å². The van der Waals surface area contributed by atoms with Crippen LogP contribution in [-0.2, 0) is 0 Å². The third-order valence-electron chi connectivity index (χ3n) is 2.62. The maximum Gasteiger partial charge on any atom is 0.0992 e. The van der Waals surface area contributed by atoms with Gasteiger partial charge in [0.15, 0.2) is 0 Å². The molecule has 0 aliphatic carbocycles. The van der Waals surface area contributed by atoms with E-state index in [2.05, 4.69) is 41.2 Å². The lowest BCUT2D eigenvalue weighted by molar-refractivity contribution is 0.545. The molecule has 0 aliphatic heterocycles. The van der Waals surface area contributed by atoms with E-state index in [9.17, 15) is 0 Å². The summed E-state index contributed by atoms with van der Waals surface area (Å²) in [4.78, 5) is 0. The summed E-state index contributed by atoms with van der Waals surface area (Å²) in [6.07, 6.45) is 3.74. The van der Waals surface area contributed by atoms with Gasteiger partial charge in [-0.15, -0.1) is 0 Å². The molecule has 0 amide bonds. The van der Waals surface area contributed by atoms with Crippen molar-refractivity contribution in [3.8, 4) is 6.07 Å². The summed E-state index contributed by atoms with van der Waals surface area (Å²) in [5.41, 5.74) is 1.75. The van der Waals surface area contributed by atoms with Crippen molar-refractivity contribution in [3.63, 3.8) is 0 Å². The van der Waals surface area contributed by atoms with Crippen molar-refractivity contribution < 1.29 is 0 Å². The van der Waals surface area contributed by atoms with Crippen molar-refractivity contribution in [1.29, 1.82) is 5.26 Å². The van der Waals surface area contributed by atoms with Crippen molar-refractivity contribution in [3.05, 3.63) is 28.2 Å². The molecule has 1 N–H and O–H groups in total. The molecule has 0 radical (unpaired) electrons. The first-order valence-corrected chi connectivity index (χ1v) is 6.86. The predicted molar refractivity (Wildman–Crippen MR) is 76.0 cm³/mol. The maximum atomic E-state index is 8.76. The SMILES string of the molecule is CC(C)CCCCNc1ccc(C#N)cc1Br. The van der Waals surface area contributed by atoms with Crippen molar-refractivity contribution in [2.24, 2.45) is 5.92 Å². The highest BCUT2D eigenvalue weighted by Gasteiger charge is 2.00. The van der Waals surface area contributed by atoms with E-state index >= 15 is 0 Å². The van der Waals surface area contributed by atoms with Crippen LogP contribution in [0.5, 0.6) is 0 Å². The quantitative estimate of drug-likeness (QED) is 0.781. The van der Waals surface area contributed by atoms with Gasteiger partial charge in [0, 0.05) is 16.7 Å². The highest BCUT2D eigenvalue weighted by molar-refractivity contribution is 9.10. The molecule has 17 heavy (non-hydrogen) atoms. The summed E-state index contributed by atoms with van der Waals surface area (Å²) in [6.45, 7) is 5.49. The van der Waals surface area contributed by atoms with E-state index in [1.807, 2.05) is 18.2 Å². The molecule has 1 aromatic rings. The average Bonchev–Trinajstić information content (AvgIpc) is 2.30. The second-order valence-corrected chi connectivity index (χ2v) is 5.48. The highest BCUT2D eigenvalue weighted by atomic mass is 79.9. The van der Waals surface area contributed by atoms with E-state index in [0.717, 1.165) is 22.6 Å². The molecule has 0 unspecified atom stereocenters. The van der Waals surface area contributed by atoms with Gasteiger partial charge < -0.3 is 5.32 Å². The summed E-state index contributed by atoms with van der Waals surface area (Å²) in [7, 11) is 0. The smallest absolute Gasteiger partial charge is 0.0992 e. The normalized spacial score (nSPS) is 10.3. The second kappa shape index (κ2) is 7.34. The Hall–Kier alpha value is -1.01. The number of unbranched alkanes of at least 4 members (excludes halogenated alkanes) is 1. The minimum atomic E-state index is 0.683. The Balaban J connectivity index is 2.35. The van der Waals surface area contributed by atoms with Gasteiger partial charge in [0.05, 0.1) is 11.6 Å². The Morgan fingerprint density at radius 3 is 2.71 bits per heavy atom. The fraction of sp³-hybridized carbons (Fsp3) is 0.500.